The van der Waals surface area contributed by atoms with Gasteiger partial charge in [-0.1, -0.05) is 23.7 Å². The van der Waals surface area contributed by atoms with Crippen molar-refractivity contribution < 1.29 is 4.74 Å². The molecule has 25 heavy (non-hydrogen) atoms. The molecule has 0 bridgehead atoms. The molecule has 5 nitrogen and oxygen atoms in total. The number of nitrogens with one attached hydrogen (secondary N) is 1. The van der Waals surface area contributed by atoms with E-state index in [9.17, 15) is 0 Å². The Kier molecular flexibility index (Phi) is 5.31. The second kappa shape index (κ2) is 7.63. The topological polar surface area (TPSA) is 73.1 Å². The molecule has 0 aliphatic carbocycles. The highest BCUT2D eigenvalue weighted by molar-refractivity contribution is 7.98. The van der Waals surface area contributed by atoms with Crippen LogP contribution in [-0.2, 0) is 0 Å². The lowest BCUT2D eigenvalue weighted by molar-refractivity contribution is 0.415. The van der Waals surface area contributed by atoms with Crippen molar-refractivity contribution in [3.63, 3.8) is 0 Å². The van der Waals surface area contributed by atoms with Crippen molar-refractivity contribution in [1.29, 1.82) is 0 Å². The Morgan fingerprint density at radius 3 is 2.48 bits per heavy atom. The van der Waals surface area contributed by atoms with Crippen LogP contribution < -0.4 is 15.8 Å². The van der Waals surface area contributed by atoms with Gasteiger partial charge in [-0.15, -0.1) is 11.8 Å². The molecule has 7 heteroatoms. The molecule has 128 valence electrons. The Bertz CT molecular complexity index is 887. The van der Waals surface area contributed by atoms with E-state index in [1.807, 2.05) is 30.5 Å². The summed E-state index contributed by atoms with van der Waals surface area (Å²) in [5, 5.41) is 3.71. The van der Waals surface area contributed by atoms with Crippen molar-refractivity contribution in [3.05, 3.63) is 53.6 Å². The number of aromatic nitrogens is 2. The zero-order valence-corrected chi connectivity index (χ0v) is 15.4. The Hall–Kier alpha value is -2.44. The van der Waals surface area contributed by atoms with Crippen LogP contribution in [0.2, 0.25) is 5.02 Å². The number of methoxy groups -OCH3 is 1. The number of benzene rings is 2. The van der Waals surface area contributed by atoms with Gasteiger partial charge in [-0.25, -0.2) is 4.98 Å². The Morgan fingerprint density at radius 2 is 1.84 bits per heavy atom. The van der Waals surface area contributed by atoms with Crippen molar-refractivity contribution in [2.24, 2.45) is 0 Å². The Balaban J connectivity index is 1.89. The first kappa shape index (κ1) is 17.4. The van der Waals surface area contributed by atoms with Gasteiger partial charge in [-0.05, 0) is 36.6 Å². The molecule has 0 saturated carbocycles. The number of thioether (sulfide) groups is 1. The molecule has 3 rings (SSSR count). The average Bonchev–Trinajstić information content (AvgIpc) is 2.61. The highest BCUT2D eigenvalue weighted by atomic mass is 35.5. The molecule has 0 spiro atoms. The number of rotatable bonds is 5. The van der Waals surface area contributed by atoms with E-state index in [1.165, 1.54) is 4.90 Å². The van der Waals surface area contributed by atoms with E-state index in [-0.39, 0.29) is 5.95 Å². The molecule has 0 aliphatic heterocycles. The normalized spacial score (nSPS) is 10.5. The monoisotopic (exact) mass is 372 g/mol. The number of ether oxygens (including phenoxy) is 1. The van der Waals surface area contributed by atoms with E-state index >= 15 is 0 Å². The average molecular weight is 373 g/mol. The molecule has 1 heterocycles. The molecule has 3 N–H and O–H groups in total. The number of anilines is 3. The maximum absolute atomic E-state index is 6.16. The first-order valence-electron chi connectivity index (χ1n) is 7.48. The van der Waals surface area contributed by atoms with E-state index in [0.29, 0.717) is 16.6 Å². The lowest BCUT2D eigenvalue weighted by Crippen LogP contribution is -2.01. The summed E-state index contributed by atoms with van der Waals surface area (Å²) in [5.41, 5.74) is 8.38. The summed E-state index contributed by atoms with van der Waals surface area (Å²) in [4.78, 5) is 9.75. The molecule has 0 fully saturated rings. The fourth-order valence-electron chi connectivity index (χ4n) is 2.33. The molecule has 0 aliphatic rings. The quantitative estimate of drug-likeness (QED) is 0.623. The third-order valence-corrected chi connectivity index (χ3v) is 4.59. The van der Waals surface area contributed by atoms with Gasteiger partial charge in [0.2, 0.25) is 5.95 Å². The molecule has 1 aromatic heterocycles. The van der Waals surface area contributed by atoms with Gasteiger partial charge in [0.15, 0.2) is 0 Å². The minimum absolute atomic E-state index is 0.202. The van der Waals surface area contributed by atoms with Gasteiger partial charge in [-0.3, -0.25) is 0 Å². The molecular formula is C18H17ClN4OS. The zero-order valence-electron chi connectivity index (χ0n) is 13.8. The van der Waals surface area contributed by atoms with E-state index in [1.54, 1.807) is 31.0 Å². The van der Waals surface area contributed by atoms with Gasteiger partial charge in [0.05, 0.1) is 17.8 Å². The van der Waals surface area contributed by atoms with Crippen molar-refractivity contribution in [2.75, 3.05) is 24.4 Å². The van der Waals surface area contributed by atoms with Crippen LogP contribution in [-0.4, -0.2) is 23.3 Å². The third-order valence-electron chi connectivity index (χ3n) is 3.55. The number of nitrogen functional groups attached to an aromatic ring is 1. The summed E-state index contributed by atoms with van der Waals surface area (Å²) in [7, 11) is 1.58. The molecule has 2 aromatic carbocycles. The largest absolute Gasteiger partial charge is 0.495 e. The number of nitrogens with two attached hydrogens (primary N) is 1. The van der Waals surface area contributed by atoms with Crippen LogP contribution >= 0.6 is 23.4 Å². The minimum Gasteiger partial charge on any atom is -0.495 e. The maximum Gasteiger partial charge on any atom is 0.222 e. The van der Waals surface area contributed by atoms with Crippen LogP contribution in [0.4, 0.5) is 17.5 Å². The lowest BCUT2D eigenvalue weighted by atomic mass is 10.1. The second-order valence-corrected chi connectivity index (χ2v) is 6.49. The predicted molar refractivity (Wildman–Crippen MR) is 105 cm³/mol. The standard InChI is InChI=1S/C18H17ClN4OS/c1-24-16-8-5-12(9-14(16)19)21-17-10-15(22-18(20)23-17)11-3-6-13(25-2)7-4-11/h3-10H,1-2H3,(H3,20,21,22,23). The van der Waals surface area contributed by atoms with Gasteiger partial charge >= 0.3 is 0 Å². The smallest absolute Gasteiger partial charge is 0.222 e. The number of halogens is 1. The van der Waals surface area contributed by atoms with Crippen LogP contribution in [0.1, 0.15) is 0 Å². The fourth-order valence-corrected chi connectivity index (χ4v) is 3.00. The van der Waals surface area contributed by atoms with E-state index in [2.05, 4.69) is 27.4 Å². The Labute approximate surface area is 155 Å². The summed E-state index contributed by atoms with van der Waals surface area (Å²) in [6.07, 6.45) is 2.04. The summed E-state index contributed by atoms with van der Waals surface area (Å²) in [5.74, 6) is 1.41. The van der Waals surface area contributed by atoms with Gasteiger partial charge in [0.25, 0.3) is 0 Å². The van der Waals surface area contributed by atoms with Crippen molar-refractivity contribution in [2.45, 2.75) is 4.90 Å². The predicted octanol–water partition coefficient (Wildman–Crippen LogP) is 4.85. The fraction of sp³-hybridized carbons (Fsp3) is 0.111. The van der Waals surface area contributed by atoms with Crippen LogP contribution in [0.5, 0.6) is 5.75 Å². The second-order valence-electron chi connectivity index (χ2n) is 5.20. The van der Waals surface area contributed by atoms with Gasteiger partial charge < -0.3 is 15.8 Å². The summed E-state index contributed by atoms with van der Waals surface area (Å²) in [6, 6.07) is 15.4. The number of hydrogen-bond acceptors (Lipinski definition) is 6. The summed E-state index contributed by atoms with van der Waals surface area (Å²) < 4.78 is 5.16. The molecular weight excluding hydrogens is 356 g/mol. The lowest BCUT2D eigenvalue weighted by Gasteiger charge is -2.10. The third kappa shape index (κ3) is 4.15. The minimum atomic E-state index is 0.202. The highest BCUT2D eigenvalue weighted by Crippen LogP contribution is 2.29. The van der Waals surface area contributed by atoms with Crippen LogP contribution in [0, 0.1) is 0 Å². The highest BCUT2D eigenvalue weighted by Gasteiger charge is 2.07. The van der Waals surface area contributed by atoms with E-state index in [4.69, 9.17) is 22.1 Å². The van der Waals surface area contributed by atoms with Gasteiger partial charge in [0.1, 0.15) is 11.6 Å². The number of hydrogen-bond donors (Lipinski definition) is 2. The molecule has 0 atom stereocenters. The first-order valence-corrected chi connectivity index (χ1v) is 9.09. The van der Waals surface area contributed by atoms with Crippen LogP contribution in [0.15, 0.2) is 53.4 Å². The zero-order chi connectivity index (χ0) is 17.8. The molecule has 0 amide bonds. The summed E-state index contributed by atoms with van der Waals surface area (Å²) >= 11 is 7.85. The van der Waals surface area contributed by atoms with Gasteiger partial charge in [0, 0.05) is 22.2 Å². The Morgan fingerprint density at radius 1 is 1.08 bits per heavy atom. The van der Waals surface area contributed by atoms with Crippen molar-refractivity contribution in [3.8, 4) is 17.0 Å². The maximum atomic E-state index is 6.16. The first-order chi connectivity index (χ1) is 12.1. The SMILES string of the molecule is COc1ccc(Nc2cc(-c3ccc(SC)cc3)nc(N)n2)cc1Cl. The molecule has 0 saturated heterocycles. The number of nitrogens with zero attached hydrogens (tertiary/aromatic N) is 2. The van der Waals surface area contributed by atoms with Crippen molar-refractivity contribution in [1.82, 2.24) is 9.97 Å². The van der Waals surface area contributed by atoms with E-state index < -0.39 is 0 Å². The molecule has 3 aromatic rings. The van der Waals surface area contributed by atoms with Gasteiger partial charge in [-0.2, -0.15) is 4.98 Å². The summed E-state index contributed by atoms with van der Waals surface area (Å²) in [6.45, 7) is 0. The molecule has 0 radical (unpaired) electrons. The molecule has 0 unspecified atom stereocenters. The van der Waals surface area contributed by atoms with Crippen LogP contribution in [0.3, 0.4) is 0 Å². The van der Waals surface area contributed by atoms with Crippen molar-refractivity contribution >= 4 is 40.8 Å². The van der Waals surface area contributed by atoms with Crippen LogP contribution in [0.25, 0.3) is 11.3 Å². The van der Waals surface area contributed by atoms with E-state index in [0.717, 1.165) is 16.9 Å².